The van der Waals surface area contributed by atoms with E-state index in [1.54, 1.807) is 0 Å². The van der Waals surface area contributed by atoms with E-state index in [1.807, 2.05) is 26.0 Å². The number of aryl methyl sites for hydroxylation is 1. The van der Waals surface area contributed by atoms with Gasteiger partial charge >= 0.3 is 0 Å². The lowest BCUT2D eigenvalue weighted by Crippen LogP contribution is -2.27. The molecule has 2 unspecified atom stereocenters. The van der Waals surface area contributed by atoms with Crippen LogP contribution >= 0.6 is 0 Å². The summed E-state index contributed by atoms with van der Waals surface area (Å²) < 4.78 is 11.4. The molecule has 2 N–H and O–H groups in total. The van der Waals surface area contributed by atoms with Gasteiger partial charge in [-0.05, 0) is 37.8 Å². The first-order valence-corrected chi connectivity index (χ1v) is 6.23. The summed E-state index contributed by atoms with van der Waals surface area (Å²) in [4.78, 5) is 0. The Hall–Kier alpha value is -0.800. The third-order valence-electron chi connectivity index (χ3n) is 2.67. The van der Waals surface area contributed by atoms with Crippen molar-refractivity contribution >= 4 is 0 Å². The zero-order valence-electron chi connectivity index (χ0n) is 11.6. The maximum Gasteiger partial charge on any atom is 0.134 e. The van der Waals surface area contributed by atoms with E-state index in [9.17, 15) is 0 Å². The number of furan rings is 1. The first kappa shape index (κ1) is 14.3. The van der Waals surface area contributed by atoms with Gasteiger partial charge in [-0.15, -0.1) is 0 Å². The van der Waals surface area contributed by atoms with Gasteiger partial charge in [0.15, 0.2) is 0 Å². The third-order valence-corrected chi connectivity index (χ3v) is 2.67. The molecule has 3 heteroatoms. The minimum Gasteiger partial charge on any atom is -0.464 e. The molecular formula is C14H25NO2. The van der Waals surface area contributed by atoms with Crippen molar-refractivity contribution in [3.8, 4) is 0 Å². The van der Waals surface area contributed by atoms with Crippen LogP contribution in [0.25, 0.3) is 0 Å². The van der Waals surface area contributed by atoms with Crippen molar-refractivity contribution in [3.63, 3.8) is 0 Å². The Morgan fingerprint density at radius 2 is 2.00 bits per heavy atom. The van der Waals surface area contributed by atoms with Gasteiger partial charge in [-0.2, -0.15) is 0 Å². The first-order chi connectivity index (χ1) is 7.79. The maximum atomic E-state index is 5.94. The standard InChI is InChI=1S/C14H25NO2/c1-10-6-7-12(17-10)13(11(2)15)16-9-8-14(3,4)5/h6-7,11,13H,8-9,15H2,1-5H3. The Morgan fingerprint density at radius 3 is 2.41 bits per heavy atom. The van der Waals surface area contributed by atoms with E-state index in [0.29, 0.717) is 6.61 Å². The molecule has 1 aromatic heterocycles. The van der Waals surface area contributed by atoms with Crippen LogP contribution in [0.4, 0.5) is 0 Å². The molecule has 1 rings (SSSR count). The maximum absolute atomic E-state index is 5.94. The van der Waals surface area contributed by atoms with Crippen LogP contribution in [0.5, 0.6) is 0 Å². The molecule has 2 atom stereocenters. The molecule has 1 heterocycles. The largest absolute Gasteiger partial charge is 0.464 e. The zero-order valence-corrected chi connectivity index (χ0v) is 11.6. The number of hydrogen-bond donors (Lipinski definition) is 1. The number of nitrogens with two attached hydrogens (primary N) is 1. The molecule has 0 saturated carbocycles. The Kier molecular flexibility index (Phi) is 4.78. The summed E-state index contributed by atoms with van der Waals surface area (Å²) in [7, 11) is 0. The molecule has 0 bridgehead atoms. The highest BCUT2D eigenvalue weighted by molar-refractivity contribution is 5.09. The van der Waals surface area contributed by atoms with Gasteiger partial charge in [-0.1, -0.05) is 20.8 Å². The molecule has 0 amide bonds. The minimum atomic E-state index is -0.147. The summed E-state index contributed by atoms with van der Waals surface area (Å²) in [5.41, 5.74) is 6.22. The normalized spacial score (nSPS) is 15.9. The van der Waals surface area contributed by atoms with Crippen LogP contribution in [-0.4, -0.2) is 12.6 Å². The van der Waals surface area contributed by atoms with Crippen LogP contribution in [0.3, 0.4) is 0 Å². The van der Waals surface area contributed by atoms with E-state index in [0.717, 1.165) is 17.9 Å². The van der Waals surface area contributed by atoms with Crippen molar-refractivity contribution in [2.75, 3.05) is 6.61 Å². The SMILES string of the molecule is Cc1ccc(C(OCCC(C)(C)C)C(C)N)o1. The predicted molar refractivity (Wildman–Crippen MR) is 69.9 cm³/mol. The molecule has 1 aromatic rings. The average molecular weight is 239 g/mol. The Labute approximate surface area is 104 Å². The van der Waals surface area contributed by atoms with E-state index in [-0.39, 0.29) is 17.6 Å². The van der Waals surface area contributed by atoms with E-state index in [2.05, 4.69) is 20.8 Å². The highest BCUT2D eigenvalue weighted by Gasteiger charge is 2.21. The van der Waals surface area contributed by atoms with Gasteiger partial charge in [0.25, 0.3) is 0 Å². The van der Waals surface area contributed by atoms with Crippen molar-refractivity contribution in [2.45, 2.75) is 53.2 Å². The number of hydrogen-bond acceptors (Lipinski definition) is 3. The van der Waals surface area contributed by atoms with Crippen LogP contribution in [0.2, 0.25) is 0 Å². The minimum absolute atomic E-state index is 0.0690. The summed E-state index contributed by atoms with van der Waals surface area (Å²) in [6.07, 6.45) is 0.863. The zero-order chi connectivity index (χ0) is 13.1. The molecule has 0 aromatic carbocycles. The Balaban J connectivity index is 2.56. The summed E-state index contributed by atoms with van der Waals surface area (Å²) >= 11 is 0. The Bertz CT molecular complexity index is 336. The Morgan fingerprint density at radius 1 is 1.35 bits per heavy atom. The van der Waals surface area contributed by atoms with Crippen LogP contribution in [0, 0.1) is 12.3 Å². The smallest absolute Gasteiger partial charge is 0.134 e. The second-order valence-electron chi connectivity index (χ2n) is 5.91. The molecule has 0 spiro atoms. The summed E-state index contributed by atoms with van der Waals surface area (Å²) in [6, 6.07) is 3.82. The van der Waals surface area contributed by atoms with Gasteiger partial charge in [0.05, 0.1) is 0 Å². The lowest BCUT2D eigenvalue weighted by atomic mass is 9.93. The van der Waals surface area contributed by atoms with E-state index >= 15 is 0 Å². The summed E-state index contributed by atoms with van der Waals surface area (Å²) in [5, 5.41) is 0. The van der Waals surface area contributed by atoms with E-state index in [4.69, 9.17) is 14.9 Å². The lowest BCUT2D eigenvalue weighted by molar-refractivity contribution is 0.0108. The quantitative estimate of drug-likeness (QED) is 0.856. The molecule has 0 aliphatic rings. The second kappa shape index (κ2) is 5.69. The highest BCUT2D eigenvalue weighted by atomic mass is 16.5. The topological polar surface area (TPSA) is 48.4 Å². The van der Waals surface area contributed by atoms with Crippen molar-refractivity contribution in [3.05, 3.63) is 23.7 Å². The predicted octanol–water partition coefficient (Wildman–Crippen LogP) is 3.43. The van der Waals surface area contributed by atoms with Gasteiger partial charge in [0.2, 0.25) is 0 Å². The lowest BCUT2D eigenvalue weighted by Gasteiger charge is -2.23. The molecule has 0 aliphatic heterocycles. The fourth-order valence-corrected chi connectivity index (χ4v) is 1.59. The molecule has 3 nitrogen and oxygen atoms in total. The molecular weight excluding hydrogens is 214 g/mol. The van der Waals surface area contributed by atoms with Gasteiger partial charge in [-0.3, -0.25) is 0 Å². The van der Waals surface area contributed by atoms with Gasteiger partial charge in [0.1, 0.15) is 17.6 Å². The van der Waals surface area contributed by atoms with Crippen molar-refractivity contribution in [1.29, 1.82) is 0 Å². The number of rotatable bonds is 5. The van der Waals surface area contributed by atoms with Gasteiger partial charge in [0, 0.05) is 12.6 Å². The highest BCUT2D eigenvalue weighted by Crippen LogP contribution is 2.25. The third kappa shape index (κ3) is 4.92. The molecule has 0 radical (unpaired) electrons. The first-order valence-electron chi connectivity index (χ1n) is 6.23. The fraction of sp³-hybridized carbons (Fsp3) is 0.714. The van der Waals surface area contributed by atoms with Crippen LogP contribution in [0.1, 0.15) is 51.7 Å². The molecule has 17 heavy (non-hydrogen) atoms. The van der Waals surface area contributed by atoms with Crippen LogP contribution in [-0.2, 0) is 4.74 Å². The average Bonchev–Trinajstić information content (AvgIpc) is 2.57. The van der Waals surface area contributed by atoms with Gasteiger partial charge in [-0.25, -0.2) is 0 Å². The molecule has 0 fully saturated rings. The monoisotopic (exact) mass is 239 g/mol. The second-order valence-corrected chi connectivity index (χ2v) is 5.91. The van der Waals surface area contributed by atoms with Crippen LogP contribution in [0.15, 0.2) is 16.5 Å². The van der Waals surface area contributed by atoms with Gasteiger partial charge < -0.3 is 14.9 Å². The van der Waals surface area contributed by atoms with E-state index < -0.39 is 0 Å². The fourth-order valence-electron chi connectivity index (χ4n) is 1.59. The van der Waals surface area contributed by atoms with Crippen molar-refractivity contribution in [2.24, 2.45) is 11.1 Å². The van der Waals surface area contributed by atoms with Crippen LogP contribution < -0.4 is 5.73 Å². The van der Waals surface area contributed by atoms with Crippen molar-refractivity contribution < 1.29 is 9.15 Å². The summed E-state index contributed by atoms with van der Waals surface area (Å²) in [5.74, 6) is 1.72. The molecule has 0 aliphatic carbocycles. The number of ether oxygens (including phenoxy) is 1. The molecule has 98 valence electrons. The molecule has 0 saturated heterocycles. The van der Waals surface area contributed by atoms with Crippen molar-refractivity contribution in [1.82, 2.24) is 0 Å². The van der Waals surface area contributed by atoms with E-state index in [1.165, 1.54) is 0 Å². The summed E-state index contributed by atoms with van der Waals surface area (Å²) in [6.45, 7) is 11.2.